The quantitative estimate of drug-likeness (QED) is 0.842. The van der Waals surface area contributed by atoms with Gasteiger partial charge >= 0.3 is 0 Å². The minimum Gasteiger partial charge on any atom is -0.369 e. The summed E-state index contributed by atoms with van der Waals surface area (Å²) in [6.07, 6.45) is 0.192. The zero-order chi connectivity index (χ0) is 13.4. The second-order valence-electron chi connectivity index (χ2n) is 5.01. The van der Waals surface area contributed by atoms with Crippen molar-refractivity contribution in [2.75, 3.05) is 11.4 Å². The fourth-order valence-corrected chi connectivity index (χ4v) is 2.13. The number of nitrogens with two attached hydrogens (primary N) is 1. The van der Waals surface area contributed by atoms with Crippen LogP contribution in [0.3, 0.4) is 0 Å². The van der Waals surface area contributed by atoms with Crippen molar-refractivity contribution >= 4 is 17.6 Å². The van der Waals surface area contributed by atoms with Gasteiger partial charge in [0.05, 0.1) is 11.6 Å². The van der Waals surface area contributed by atoms with Crippen LogP contribution in [-0.4, -0.2) is 28.1 Å². The highest BCUT2D eigenvalue weighted by molar-refractivity contribution is 5.99. The van der Waals surface area contributed by atoms with Crippen LogP contribution in [0.25, 0.3) is 0 Å². The van der Waals surface area contributed by atoms with Crippen molar-refractivity contribution in [3.63, 3.8) is 0 Å². The molecule has 0 bridgehead atoms. The first-order valence-electron chi connectivity index (χ1n) is 6.03. The predicted molar refractivity (Wildman–Crippen MR) is 67.0 cm³/mol. The van der Waals surface area contributed by atoms with Crippen molar-refractivity contribution in [2.45, 2.75) is 26.2 Å². The molecule has 1 aliphatic heterocycles. The van der Waals surface area contributed by atoms with E-state index in [-0.39, 0.29) is 12.3 Å². The molecule has 98 valence electrons. The molecule has 1 saturated heterocycles. The molecular formula is C12H18N4O2. The Hall–Kier alpha value is -1.85. The third-order valence-corrected chi connectivity index (χ3v) is 3.27. The molecule has 6 nitrogen and oxygen atoms in total. The van der Waals surface area contributed by atoms with E-state index in [9.17, 15) is 9.59 Å². The number of nitrogens with zero attached hydrogens (tertiary/aromatic N) is 3. The largest absolute Gasteiger partial charge is 0.369 e. The second kappa shape index (κ2) is 4.44. The molecule has 0 saturated carbocycles. The fourth-order valence-electron chi connectivity index (χ4n) is 2.13. The van der Waals surface area contributed by atoms with Gasteiger partial charge in [0.25, 0.3) is 0 Å². The molecule has 6 heteroatoms. The number of hydrogen-bond acceptors (Lipinski definition) is 3. The Bertz CT molecular complexity index is 492. The zero-order valence-corrected chi connectivity index (χ0v) is 10.9. The number of primary amides is 1. The number of anilines is 1. The van der Waals surface area contributed by atoms with Gasteiger partial charge in [-0.25, -0.2) is 0 Å². The first-order valence-corrected chi connectivity index (χ1v) is 6.03. The van der Waals surface area contributed by atoms with E-state index in [1.54, 1.807) is 16.6 Å². The van der Waals surface area contributed by atoms with Crippen LogP contribution >= 0.6 is 0 Å². The molecule has 0 radical (unpaired) electrons. The fraction of sp³-hybridized carbons (Fsp3) is 0.583. The van der Waals surface area contributed by atoms with E-state index in [0.717, 1.165) is 11.5 Å². The van der Waals surface area contributed by atoms with Crippen LogP contribution in [0.1, 0.15) is 31.9 Å². The van der Waals surface area contributed by atoms with E-state index < -0.39 is 11.8 Å². The Morgan fingerprint density at radius 3 is 2.67 bits per heavy atom. The van der Waals surface area contributed by atoms with Gasteiger partial charge in [0.15, 0.2) is 0 Å². The van der Waals surface area contributed by atoms with E-state index >= 15 is 0 Å². The first kappa shape index (κ1) is 12.6. The maximum atomic E-state index is 11.9. The lowest BCUT2D eigenvalue weighted by Crippen LogP contribution is -2.29. The van der Waals surface area contributed by atoms with Crippen LogP contribution in [0.5, 0.6) is 0 Å². The molecule has 1 unspecified atom stereocenters. The van der Waals surface area contributed by atoms with Gasteiger partial charge in [-0.05, 0) is 5.92 Å². The average molecular weight is 250 g/mol. The van der Waals surface area contributed by atoms with Crippen molar-refractivity contribution in [1.29, 1.82) is 0 Å². The summed E-state index contributed by atoms with van der Waals surface area (Å²) >= 11 is 0. The van der Waals surface area contributed by atoms with Gasteiger partial charge in [-0.15, -0.1) is 0 Å². The summed E-state index contributed by atoms with van der Waals surface area (Å²) in [6.45, 7) is 4.44. The Labute approximate surface area is 106 Å². The highest BCUT2D eigenvalue weighted by Gasteiger charge is 2.35. The molecule has 2 heterocycles. The summed E-state index contributed by atoms with van der Waals surface area (Å²) in [5.74, 6) is 0.145. The highest BCUT2D eigenvalue weighted by atomic mass is 16.2. The molecule has 2 amide bonds. The van der Waals surface area contributed by atoms with Crippen molar-refractivity contribution in [2.24, 2.45) is 18.7 Å². The van der Waals surface area contributed by atoms with Gasteiger partial charge in [0, 0.05) is 26.1 Å². The van der Waals surface area contributed by atoms with E-state index in [1.165, 1.54) is 0 Å². The second-order valence-corrected chi connectivity index (χ2v) is 5.01. The molecule has 0 spiro atoms. The van der Waals surface area contributed by atoms with Crippen LogP contribution in [-0.2, 0) is 16.6 Å². The lowest BCUT2D eigenvalue weighted by atomic mass is 10.1. The lowest BCUT2D eigenvalue weighted by molar-refractivity contribution is -0.123. The maximum absolute atomic E-state index is 11.9. The summed E-state index contributed by atoms with van der Waals surface area (Å²) in [4.78, 5) is 24.6. The van der Waals surface area contributed by atoms with E-state index in [1.807, 2.05) is 19.9 Å². The number of carbonyl (C=O) groups is 2. The van der Waals surface area contributed by atoms with Gasteiger partial charge in [-0.1, -0.05) is 13.8 Å². The summed E-state index contributed by atoms with van der Waals surface area (Å²) in [5, 5.41) is 4.37. The third-order valence-electron chi connectivity index (χ3n) is 3.27. The molecule has 1 aromatic heterocycles. The Morgan fingerprint density at radius 2 is 2.22 bits per heavy atom. The van der Waals surface area contributed by atoms with Gasteiger partial charge < -0.3 is 5.73 Å². The summed E-state index contributed by atoms with van der Waals surface area (Å²) in [6, 6.07) is 1.89. The molecule has 2 rings (SSSR count). The number of carbonyl (C=O) groups excluding carboxylic acids is 2. The minimum absolute atomic E-state index is 0.0721. The lowest BCUT2D eigenvalue weighted by Gasteiger charge is -2.15. The van der Waals surface area contributed by atoms with Crippen molar-refractivity contribution < 1.29 is 9.59 Å². The maximum Gasteiger partial charge on any atom is 0.229 e. The van der Waals surface area contributed by atoms with E-state index in [0.29, 0.717) is 12.5 Å². The normalized spacial score (nSPS) is 19.9. The Balaban J connectivity index is 2.27. The average Bonchev–Trinajstić information content (AvgIpc) is 2.82. The molecular weight excluding hydrogens is 232 g/mol. The van der Waals surface area contributed by atoms with Crippen molar-refractivity contribution in [3.05, 3.63) is 11.8 Å². The van der Waals surface area contributed by atoms with Crippen molar-refractivity contribution in [1.82, 2.24) is 9.78 Å². The first-order chi connectivity index (χ1) is 8.40. The minimum atomic E-state index is -0.419. The zero-order valence-electron chi connectivity index (χ0n) is 10.9. The number of amides is 2. The molecule has 2 N–H and O–H groups in total. The van der Waals surface area contributed by atoms with Gasteiger partial charge in [0.2, 0.25) is 11.8 Å². The number of aromatic nitrogens is 2. The number of aryl methyl sites for hydroxylation is 1. The molecule has 0 aromatic carbocycles. The summed E-state index contributed by atoms with van der Waals surface area (Å²) in [7, 11) is 1.80. The summed E-state index contributed by atoms with van der Waals surface area (Å²) < 4.78 is 1.68. The third kappa shape index (κ3) is 2.10. The SMILES string of the molecule is CC(C)c1cc(N2CC(C(N)=O)CC2=O)n(C)n1. The summed E-state index contributed by atoms with van der Waals surface area (Å²) in [5.41, 5.74) is 6.18. The van der Waals surface area contributed by atoms with Gasteiger partial charge in [-0.2, -0.15) is 5.10 Å². The van der Waals surface area contributed by atoms with Gasteiger partial charge in [-0.3, -0.25) is 19.2 Å². The Morgan fingerprint density at radius 1 is 1.56 bits per heavy atom. The highest BCUT2D eigenvalue weighted by Crippen LogP contribution is 2.27. The monoisotopic (exact) mass is 250 g/mol. The molecule has 1 atom stereocenters. The smallest absolute Gasteiger partial charge is 0.229 e. The van der Waals surface area contributed by atoms with E-state index in [4.69, 9.17) is 5.73 Å². The molecule has 0 aliphatic carbocycles. The van der Waals surface area contributed by atoms with E-state index in [2.05, 4.69) is 5.10 Å². The number of hydrogen-bond donors (Lipinski definition) is 1. The molecule has 1 aliphatic rings. The van der Waals surface area contributed by atoms with Gasteiger partial charge in [0.1, 0.15) is 5.82 Å². The van der Waals surface area contributed by atoms with Crippen LogP contribution in [0.4, 0.5) is 5.82 Å². The van der Waals surface area contributed by atoms with Crippen LogP contribution in [0.15, 0.2) is 6.07 Å². The van der Waals surface area contributed by atoms with Crippen LogP contribution in [0, 0.1) is 5.92 Å². The molecule has 18 heavy (non-hydrogen) atoms. The molecule has 1 aromatic rings. The van der Waals surface area contributed by atoms with Crippen LogP contribution in [0.2, 0.25) is 0 Å². The predicted octanol–water partition coefficient (Wildman–Crippen LogP) is 0.382. The van der Waals surface area contributed by atoms with Crippen molar-refractivity contribution in [3.8, 4) is 0 Å². The standard InChI is InChI=1S/C12H18N4O2/c1-7(2)9-5-10(15(3)14-9)16-6-8(12(13)18)4-11(16)17/h5,7-8H,4,6H2,1-3H3,(H2,13,18). The topological polar surface area (TPSA) is 81.2 Å². The Kier molecular flexibility index (Phi) is 3.11. The molecule has 1 fully saturated rings. The van der Waals surface area contributed by atoms with Crippen LogP contribution < -0.4 is 10.6 Å². The number of rotatable bonds is 3.